The first kappa shape index (κ1) is 23.8. The van der Waals surface area contributed by atoms with Gasteiger partial charge in [0.15, 0.2) is 5.11 Å². The highest BCUT2D eigenvalue weighted by Crippen LogP contribution is 2.39. The molecule has 0 bridgehead atoms. The zero-order valence-corrected chi connectivity index (χ0v) is 21.4. The van der Waals surface area contributed by atoms with E-state index in [1.165, 1.54) is 5.56 Å². The van der Waals surface area contributed by atoms with Gasteiger partial charge in [-0.05, 0) is 80.0 Å². The lowest BCUT2D eigenvalue weighted by Crippen LogP contribution is -2.46. The monoisotopic (exact) mass is 496 g/mol. The maximum atomic E-state index is 5.85. The summed E-state index contributed by atoms with van der Waals surface area (Å²) >= 11 is 5.84. The molecule has 0 saturated heterocycles. The van der Waals surface area contributed by atoms with Gasteiger partial charge in [-0.25, -0.2) is 0 Å². The van der Waals surface area contributed by atoms with Crippen LogP contribution in [0, 0.1) is 0 Å². The number of hydrogen-bond acceptors (Lipinski definition) is 5. The molecule has 1 unspecified atom stereocenters. The fraction of sp³-hybridized carbons (Fsp3) is 0.207. The second kappa shape index (κ2) is 10.3. The third-order valence-electron chi connectivity index (χ3n) is 6.30. The van der Waals surface area contributed by atoms with Crippen LogP contribution in [0.25, 0.3) is 17.0 Å². The summed E-state index contributed by atoms with van der Waals surface area (Å²) in [6, 6.07) is 26.1. The molecular weight excluding hydrogens is 468 g/mol. The summed E-state index contributed by atoms with van der Waals surface area (Å²) < 4.78 is 11.4. The van der Waals surface area contributed by atoms with Crippen LogP contribution in [0.4, 0.5) is 5.69 Å². The van der Waals surface area contributed by atoms with Gasteiger partial charge in [0.25, 0.3) is 5.89 Å². The van der Waals surface area contributed by atoms with Gasteiger partial charge in [-0.15, -0.1) is 0 Å². The summed E-state index contributed by atoms with van der Waals surface area (Å²) in [6.07, 6.45) is 0.982. The Kier molecular flexibility index (Phi) is 6.82. The first-order valence-electron chi connectivity index (χ1n) is 12.1. The van der Waals surface area contributed by atoms with Crippen molar-refractivity contribution in [1.82, 2.24) is 15.5 Å². The first-order chi connectivity index (χ1) is 17.6. The summed E-state index contributed by atoms with van der Waals surface area (Å²) in [4.78, 5) is 6.83. The second-order valence-electron chi connectivity index (χ2n) is 8.53. The standard InChI is InChI=1S/C29H28N4O2S/c1-4-20-11-15-23(16-12-20)33-19(3)25(26(30-29(33)36)21-9-7-6-8-10-21)28-31-27(32-35-28)22-13-17-24(18-14-22)34-5-2/h6-18,26H,4-5H2,1-3H3,(H,30,36). The minimum atomic E-state index is -0.224. The lowest BCUT2D eigenvalue weighted by atomic mass is 9.94. The topological polar surface area (TPSA) is 63.4 Å². The van der Waals surface area contributed by atoms with Crippen molar-refractivity contribution in [3.05, 3.63) is 102 Å². The van der Waals surface area contributed by atoms with Crippen LogP contribution in [0.2, 0.25) is 0 Å². The molecule has 36 heavy (non-hydrogen) atoms. The Morgan fingerprint density at radius 3 is 2.36 bits per heavy atom. The fourth-order valence-electron chi connectivity index (χ4n) is 4.42. The Bertz CT molecular complexity index is 1380. The van der Waals surface area contributed by atoms with Crippen molar-refractivity contribution >= 4 is 28.6 Å². The number of nitrogens with one attached hydrogen (secondary N) is 1. The fourth-order valence-corrected chi connectivity index (χ4v) is 4.78. The third kappa shape index (κ3) is 4.62. The molecule has 1 aliphatic rings. The highest BCUT2D eigenvalue weighted by atomic mass is 32.1. The van der Waals surface area contributed by atoms with Crippen LogP contribution in [0.1, 0.15) is 43.8 Å². The van der Waals surface area contributed by atoms with Crippen molar-refractivity contribution < 1.29 is 9.26 Å². The van der Waals surface area contributed by atoms with Gasteiger partial charge in [-0.1, -0.05) is 54.5 Å². The number of aryl methyl sites for hydroxylation is 1. The second-order valence-corrected chi connectivity index (χ2v) is 8.91. The van der Waals surface area contributed by atoms with Gasteiger partial charge in [0.1, 0.15) is 5.75 Å². The number of allylic oxidation sites excluding steroid dienone is 1. The average Bonchev–Trinajstić information content (AvgIpc) is 3.39. The number of aromatic nitrogens is 2. The molecule has 6 nitrogen and oxygen atoms in total. The molecule has 0 amide bonds. The molecule has 3 aromatic carbocycles. The van der Waals surface area contributed by atoms with Gasteiger partial charge < -0.3 is 14.6 Å². The molecule has 5 rings (SSSR count). The molecule has 1 N–H and O–H groups in total. The highest BCUT2D eigenvalue weighted by molar-refractivity contribution is 7.80. The summed E-state index contributed by atoms with van der Waals surface area (Å²) in [5, 5.41) is 8.44. The molecule has 1 aromatic heterocycles. The zero-order chi connectivity index (χ0) is 25.1. The number of ether oxygens (including phenoxy) is 1. The van der Waals surface area contributed by atoms with Gasteiger partial charge >= 0.3 is 0 Å². The number of hydrogen-bond donors (Lipinski definition) is 1. The normalized spacial score (nSPS) is 15.7. The minimum Gasteiger partial charge on any atom is -0.494 e. The predicted octanol–water partition coefficient (Wildman–Crippen LogP) is 6.56. The highest BCUT2D eigenvalue weighted by Gasteiger charge is 2.34. The minimum absolute atomic E-state index is 0.224. The number of thiocarbonyl (C=S) groups is 1. The number of anilines is 1. The maximum Gasteiger partial charge on any atom is 0.258 e. The number of benzene rings is 3. The molecule has 0 spiro atoms. The lowest BCUT2D eigenvalue weighted by molar-refractivity contribution is 0.340. The van der Waals surface area contributed by atoms with E-state index >= 15 is 0 Å². The molecule has 1 atom stereocenters. The summed E-state index contributed by atoms with van der Waals surface area (Å²) in [6.45, 7) is 6.77. The quantitative estimate of drug-likeness (QED) is 0.291. The van der Waals surface area contributed by atoms with Crippen LogP contribution in [0.15, 0.2) is 89.1 Å². The first-order valence-corrected chi connectivity index (χ1v) is 12.5. The SMILES string of the molecule is CCOc1ccc(-c2noc(C3=C(C)N(c4ccc(CC)cc4)C(=S)NC3c3ccccc3)n2)cc1. The van der Waals surface area contributed by atoms with Gasteiger partial charge in [0.2, 0.25) is 5.82 Å². The van der Waals surface area contributed by atoms with Crippen molar-refractivity contribution in [2.24, 2.45) is 0 Å². The summed E-state index contributed by atoms with van der Waals surface area (Å²) in [5.41, 5.74) is 6.01. The number of rotatable bonds is 7. The van der Waals surface area contributed by atoms with E-state index in [2.05, 4.69) is 53.8 Å². The van der Waals surface area contributed by atoms with E-state index in [9.17, 15) is 0 Å². The lowest BCUT2D eigenvalue weighted by Gasteiger charge is -2.37. The zero-order valence-electron chi connectivity index (χ0n) is 20.6. The van der Waals surface area contributed by atoms with E-state index in [4.69, 9.17) is 26.5 Å². The molecule has 0 fully saturated rings. The van der Waals surface area contributed by atoms with Crippen LogP contribution in [-0.4, -0.2) is 21.9 Å². The summed E-state index contributed by atoms with van der Waals surface area (Å²) in [5.74, 6) is 1.78. The van der Waals surface area contributed by atoms with Crippen LogP contribution >= 0.6 is 12.2 Å². The molecular formula is C29H28N4O2S. The maximum absolute atomic E-state index is 5.85. The van der Waals surface area contributed by atoms with E-state index in [1.54, 1.807) is 0 Å². The van der Waals surface area contributed by atoms with E-state index in [0.717, 1.165) is 40.3 Å². The molecule has 4 aromatic rings. The van der Waals surface area contributed by atoms with Crippen molar-refractivity contribution in [2.75, 3.05) is 11.5 Å². The molecule has 1 aliphatic heterocycles. The Morgan fingerprint density at radius 2 is 1.69 bits per heavy atom. The Labute approximate surface area is 216 Å². The Morgan fingerprint density at radius 1 is 0.972 bits per heavy atom. The molecule has 2 heterocycles. The van der Waals surface area contributed by atoms with Crippen molar-refractivity contribution in [1.29, 1.82) is 0 Å². The van der Waals surface area contributed by atoms with Gasteiger partial charge in [-0.3, -0.25) is 4.90 Å². The Hall–Kier alpha value is -3.97. The molecule has 7 heteroatoms. The van der Waals surface area contributed by atoms with E-state index < -0.39 is 0 Å². The number of nitrogens with zero attached hydrogens (tertiary/aromatic N) is 3. The van der Waals surface area contributed by atoms with Crippen LogP contribution in [0.5, 0.6) is 5.75 Å². The smallest absolute Gasteiger partial charge is 0.258 e. The third-order valence-corrected chi connectivity index (χ3v) is 6.60. The van der Waals surface area contributed by atoms with Gasteiger partial charge in [0, 0.05) is 16.9 Å². The van der Waals surface area contributed by atoms with Crippen molar-refractivity contribution in [2.45, 2.75) is 33.2 Å². The van der Waals surface area contributed by atoms with Crippen LogP contribution in [0.3, 0.4) is 0 Å². The van der Waals surface area contributed by atoms with Crippen LogP contribution < -0.4 is 15.0 Å². The van der Waals surface area contributed by atoms with Crippen LogP contribution in [-0.2, 0) is 6.42 Å². The van der Waals surface area contributed by atoms with Gasteiger partial charge in [0.05, 0.1) is 18.2 Å². The molecule has 0 aliphatic carbocycles. The Balaban J connectivity index is 1.58. The largest absolute Gasteiger partial charge is 0.494 e. The van der Waals surface area contributed by atoms with Gasteiger partial charge in [-0.2, -0.15) is 4.98 Å². The van der Waals surface area contributed by atoms with Crippen molar-refractivity contribution in [3.63, 3.8) is 0 Å². The molecule has 0 saturated carbocycles. The summed E-state index contributed by atoms with van der Waals surface area (Å²) in [7, 11) is 0. The van der Waals surface area contributed by atoms with E-state index in [0.29, 0.717) is 23.4 Å². The predicted molar refractivity (Wildman–Crippen MR) is 147 cm³/mol. The van der Waals surface area contributed by atoms with E-state index in [-0.39, 0.29) is 6.04 Å². The van der Waals surface area contributed by atoms with E-state index in [1.807, 2.05) is 61.2 Å². The molecule has 182 valence electrons. The van der Waals surface area contributed by atoms with Crippen molar-refractivity contribution in [3.8, 4) is 17.1 Å². The average molecular weight is 497 g/mol. The molecule has 0 radical (unpaired) electrons.